The Labute approximate surface area is 183 Å². The van der Waals surface area contributed by atoms with Crippen LogP contribution in [-0.2, 0) is 9.53 Å². The number of para-hydroxylation sites is 1. The number of carbonyl (C=O) groups is 3. The summed E-state index contributed by atoms with van der Waals surface area (Å²) in [7, 11) is 1.26. The number of hydrogen-bond donors (Lipinski definition) is 0. The minimum absolute atomic E-state index is 0.111. The fourth-order valence-electron chi connectivity index (χ4n) is 3.84. The lowest BCUT2D eigenvalue weighted by Crippen LogP contribution is -2.41. The Morgan fingerprint density at radius 2 is 1.66 bits per heavy atom. The molecule has 32 heavy (non-hydrogen) atoms. The average Bonchev–Trinajstić information content (AvgIpc) is 3.05. The van der Waals surface area contributed by atoms with Crippen molar-refractivity contribution in [3.8, 4) is 5.75 Å². The number of hydrogen-bond acceptors (Lipinski definition) is 7. The molecule has 2 heterocycles. The van der Waals surface area contributed by atoms with Gasteiger partial charge in [0.1, 0.15) is 11.3 Å². The fraction of sp³-hybridized carbons (Fsp3) is 0.250. The van der Waals surface area contributed by atoms with E-state index in [9.17, 15) is 19.2 Å². The Balaban J connectivity index is 1.47. The average molecular weight is 435 g/mol. The van der Waals surface area contributed by atoms with Crippen molar-refractivity contribution in [2.45, 2.75) is 25.3 Å². The van der Waals surface area contributed by atoms with Crippen molar-refractivity contribution in [2.75, 3.05) is 13.7 Å². The van der Waals surface area contributed by atoms with Crippen LogP contribution in [0.1, 0.15) is 40.0 Å². The lowest BCUT2D eigenvalue weighted by atomic mass is 10.1. The van der Waals surface area contributed by atoms with E-state index in [0.717, 1.165) is 4.90 Å². The highest BCUT2D eigenvalue weighted by Crippen LogP contribution is 2.28. The summed E-state index contributed by atoms with van der Waals surface area (Å²) in [5, 5.41) is 0.665. The molecule has 0 bridgehead atoms. The highest BCUT2D eigenvalue weighted by molar-refractivity contribution is 6.21. The number of fused-ring (bicyclic) bond motifs is 2. The van der Waals surface area contributed by atoms with Crippen LogP contribution in [0.2, 0.25) is 0 Å². The molecule has 1 aliphatic rings. The molecule has 0 spiro atoms. The molecular formula is C24H21NO7. The standard InChI is InChI=1S/C24H21NO7/c1-30-21(26)13-15(25-23(28)16-8-2-3-9-17(16)24(25)29)7-6-12-31-20-14-22(27)32-19-11-5-4-10-18(19)20/h2-5,8-11,14-15H,6-7,12-13H2,1H3. The van der Waals surface area contributed by atoms with Gasteiger partial charge >= 0.3 is 11.6 Å². The number of carbonyl (C=O) groups excluding carboxylic acids is 3. The van der Waals surface area contributed by atoms with Crippen LogP contribution in [0.3, 0.4) is 0 Å². The van der Waals surface area contributed by atoms with Gasteiger partial charge in [0.25, 0.3) is 11.8 Å². The normalized spacial score (nSPS) is 13.8. The van der Waals surface area contributed by atoms with Crippen molar-refractivity contribution in [2.24, 2.45) is 0 Å². The first-order chi connectivity index (χ1) is 15.5. The molecule has 1 aromatic heterocycles. The van der Waals surface area contributed by atoms with Gasteiger partial charge in [0.15, 0.2) is 0 Å². The smallest absolute Gasteiger partial charge is 0.339 e. The summed E-state index contributed by atoms with van der Waals surface area (Å²) >= 11 is 0. The number of benzene rings is 2. The second-order valence-corrected chi connectivity index (χ2v) is 7.38. The van der Waals surface area contributed by atoms with Crippen LogP contribution in [-0.4, -0.2) is 42.4 Å². The molecule has 164 valence electrons. The van der Waals surface area contributed by atoms with Crippen molar-refractivity contribution < 1.29 is 28.3 Å². The maximum atomic E-state index is 12.8. The Kier molecular flexibility index (Phi) is 6.02. The lowest BCUT2D eigenvalue weighted by molar-refractivity contribution is -0.141. The number of amides is 2. The first-order valence-corrected chi connectivity index (χ1v) is 10.2. The monoisotopic (exact) mass is 435 g/mol. The highest BCUT2D eigenvalue weighted by Gasteiger charge is 2.40. The summed E-state index contributed by atoms with van der Waals surface area (Å²) in [6, 6.07) is 14.2. The van der Waals surface area contributed by atoms with Crippen LogP contribution in [0, 0.1) is 0 Å². The fourth-order valence-corrected chi connectivity index (χ4v) is 3.84. The van der Waals surface area contributed by atoms with Crippen LogP contribution in [0.15, 0.2) is 63.8 Å². The Morgan fingerprint density at radius 1 is 1.00 bits per heavy atom. The Hall–Kier alpha value is -3.94. The second kappa shape index (κ2) is 9.05. The van der Waals surface area contributed by atoms with Gasteiger partial charge in [-0.05, 0) is 37.1 Å². The van der Waals surface area contributed by atoms with E-state index in [-0.39, 0.29) is 13.0 Å². The van der Waals surface area contributed by atoms with Gasteiger partial charge in [0.2, 0.25) is 0 Å². The third-order valence-corrected chi connectivity index (χ3v) is 5.37. The van der Waals surface area contributed by atoms with E-state index < -0.39 is 29.5 Å². The number of ether oxygens (including phenoxy) is 2. The van der Waals surface area contributed by atoms with Gasteiger partial charge in [-0.1, -0.05) is 24.3 Å². The van der Waals surface area contributed by atoms with Crippen molar-refractivity contribution in [1.82, 2.24) is 4.90 Å². The van der Waals surface area contributed by atoms with Crippen LogP contribution in [0.25, 0.3) is 11.0 Å². The third kappa shape index (κ3) is 4.12. The molecule has 0 fully saturated rings. The van der Waals surface area contributed by atoms with Crippen molar-refractivity contribution in [3.05, 3.63) is 76.1 Å². The van der Waals surface area contributed by atoms with Gasteiger partial charge in [-0.25, -0.2) is 4.79 Å². The molecule has 2 amide bonds. The zero-order valence-corrected chi connectivity index (χ0v) is 17.4. The molecule has 1 atom stereocenters. The minimum atomic E-state index is -0.670. The van der Waals surface area contributed by atoms with Crippen molar-refractivity contribution in [1.29, 1.82) is 0 Å². The van der Waals surface area contributed by atoms with Gasteiger partial charge in [-0.2, -0.15) is 0 Å². The van der Waals surface area contributed by atoms with E-state index in [1.54, 1.807) is 42.5 Å². The molecule has 0 saturated heterocycles. The Morgan fingerprint density at radius 3 is 2.34 bits per heavy atom. The van der Waals surface area contributed by atoms with Gasteiger partial charge in [0.05, 0.1) is 48.8 Å². The topological polar surface area (TPSA) is 103 Å². The first-order valence-electron chi connectivity index (χ1n) is 10.2. The van der Waals surface area contributed by atoms with Crippen LogP contribution in [0.4, 0.5) is 0 Å². The molecular weight excluding hydrogens is 414 g/mol. The molecule has 1 unspecified atom stereocenters. The first kappa shape index (κ1) is 21.3. The van der Waals surface area contributed by atoms with Crippen molar-refractivity contribution in [3.63, 3.8) is 0 Å². The van der Waals surface area contributed by atoms with Crippen LogP contribution < -0.4 is 10.4 Å². The number of imide groups is 1. The SMILES string of the molecule is COC(=O)CC(CCCOc1cc(=O)oc2ccccc12)N1C(=O)c2ccccc2C1=O. The number of esters is 1. The molecule has 8 heteroatoms. The Bertz CT molecular complexity index is 1210. The van der Waals surface area contributed by atoms with E-state index in [4.69, 9.17) is 13.9 Å². The molecule has 1 aliphatic heterocycles. The molecule has 3 aromatic rings. The summed E-state index contributed by atoms with van der Waals surface area (Å²) in [5.74, 6) is -0.972. The summed E-state index contributed by atoms with van der Waals surface area (Å²) in [5.41, 5.74) is 0.551. The summed E-state index contributed by atoms with van der Waals surface area (Å²) in [6.45, 7) is 0.217. The summed E-state index contributed by atoms with van der Waals surface area (Å²) < 4.78 is 15.7. The van der Waals surface area contributed by atoms with E-state index in [0.29, 0.717) is 40.7 Å². The molecule has 8 nitrogen and oxygen atoms in total. The van der Waals surface area contributed by atoms with Gasteiger partial charge < -0.3 is 13.9 Å². The molecule has 4 rings (SSSR count). The molecule has 0 aliphatic carbocycles. The second-order valence-electron chi connectivity index (χ2n) is 7.38. The van der Waals surface area contributed by atoms with Crippen LogP contribution >= 0.6 is 0 Å². The highest BCUT2D eigenvalue weighted by atomic mass is 16.5. The maximum Gasteiger partial charge on any atom is 0.339 e. The molecule has 0 radical (unpaired) electrons. The molecule has 2 aromatic carbocycles. The van der Waals surface area contributed by atoms with E-state index in [1.165, 1.54) is 13.2 Å². The summed E-state index contributed by atoms with van der Waals surface area (Å²) in [4.78, 5) is 50.5. The van der Waals surface area contributed by atoms with Crippen LogP contribution in [0.5, 0.6) is 5.75 Å². The number of methoxy groups -OCH3 is 1. The van der Waals surface area contributed by atoms with E-state index in [2.05, 4.69) is 0 Å². The van der Waals surface area contributed by atoms with Gasteiger partial charge in [-0.3, -0.25) is 19.3 Å². The lowest BCUT2D eigenvalue weighted by Gasteiger charge is -2.25. The largest absolute Gasteiger partial charge is 0.493 e. The van der Waals surface area contributed by atoms with E-state index in [1.807, 2.05) is 6.07 Å². The zero-order chi connectivity index (χ0) is 22.7. The number of rotatable bonds is 8. The predicted octanol–water partition coefficient (Wildman–Crippen LogP) is 3.18. The minimum Gasteiger partial charge on any atom is -0.493 e. The van der Waals surface area contributed by atoms with Gasteiger partial charge in [0, 0.05) is 0 Å². The molecule has 0 saturated carbocycles. The zero-order valence-electron chi connectivity index (χ0n) is 17.4. The summed E-state index contributed by atoms with van der Waals surface area (Å²) in [6.07, 6.45) is 0.656. The van der Waals surface area contributed by atoms with Gasteiger partial charge in [-0.15, -0.1) is 0 Å². The predicted molar refractivity (Wildman–Crippen MR) is 115 cm³/mol. The quantitative estimate of drug-likeness (QED) is 0.232. The maximum absolute atomic E-state index is 12.8. The van der Waals surface area contributed by atoms with E-state index >= 15 is 0 Å². The third-order valence-electron chi connectivity index (χ3n) is 5.37. The molecule has 0 N–H and O–H groups in total. The number of nitrogens with zero attached hydrogens (tertiary/aromatic N) is 1. The van der Waals surface area contributed by atoms with Crippen molar-refractivity contribution >= 4 is 28.8 Å².